The van der Waals surface area contributed by atoms with Crippen molar-refractivity contribution >= 4 is 23.4 Å². The van der Waals surface area contributed by atoms with E-state index in [1.165, 1.54) is 12.4 Å². The van der Waals surface area contributed by atoms with E-state index in [2.05, 4.69) is 20.6 Å². The first-order valence-electron chi connectivity index (χ1n) is 5.85. The van der Waals surface area contributed by atoms with Crippen molar-refractivity contribution in [3.63, 3.8) is 0 Å². The fraction of sp³-hybridized carbons (Fsp3) is 0.500. The Labute approximate surface area is 117 Å². The summed E-state index contributed by atoms with van der Waals surface area (Å²) in [6.07, 6.45) is 2.86. The van der Waals surface area contributed by atoms with E-state index < -0.39 is 5.91 Å². The van der Waals surface area contributed by atoms with Crippen LogP contribution in [0.2, 0.25) is 5.15 Å². The number of amides is 2. The largest absolute Gasteiger partial charge is 0.351 e. The van der Waals surface area contributed by atoms with Crippen molar-refractivity contribution in [1.29, 1.82) is 0 Å². The third-order valence-corrected chi connectivity index (χ3v) is 2.17. The lowest BCUT2D eigenvalue weighted by molar-refractivity contribution is -0.122. The minimum absolute atomic E-state index is 0.120. The minimum atomic E-state index is -0.404. The average molecular weight is 285 g/mol. The molecule has 0 aliphatic heterocycles. The summed E-state index contributed by atoms with van der Waals surface area (Å²) in [5.41, 5.74) is -0.150. The molecule has 0 aliphatic rings. The van der Waals surface area contributed by atoms with Crippen LogP contribution in [0.5, 0.6) is 0 Å². The van der Waals surface area contributed by atoms with Gasteiger partial charge in [-0.1, -0.05) is 11.6 Å². The number of hydrogen-bond donors (Lipinski definition) is 2. The fourth-order valence-electron chi connectivity index (χ4n) is 1.31. The van der Waals surface area contributed by atoms with Crippen LogP contribution in [0, 0.1) is 0 Å². The first-order chi connectivity index (χ1) is 8.78. The third kappa shape index (κ3) is 6.15. The van der Waals surface area contributed by atoms with Crippen molar-refractivity contribution in [2.75, 3.05) is 6.54 Å². The molecule has 0 bridgehead atoms. The van der Waals surface area contributed by atoms with Crippen LogP contribution in [0.25, 0.3) is 0 Å². The van der Waals surface area contributed by atoms with Gasteiger partial charge >= 0.3 is 0 Å². The lowest BCUT2D eigenvalue weighted by Crippen LogP contribution is -2.42. The molecule has 7 heteroatoms. The van der Waals surface area contributed by atoms with Crippen LogP contribution < -0.4 is 10.6 Å². The van der Waals surface area contributed by atoms with Crippen molar-refractivity contribution in [2.24, 2.45) is 0 Å². The maximum atomic E-state index is 11.7. The number of carbonyl (C=O) groups excluding carboxylic acids is 2. The van der Waals surface area contributed by atoms with E-state index in [1.54, 1.807) is 0 Å². The van der Waals surface area contributed by atoms with Gasteiger partial charge in [0.25, 0.3) is 5.91 Å². The summed E-state index contributed by atoms with van der Waals surface area (Å²) in [6.45, 7) is 5.91. The van der Waals surface area contributed by atoms with Crippen LogP contribution in [-0.2, 0) is 4.79 Å². The van der Waals surface area contributed by atoms with E-state index in [0.717, 1.165) is 0 Å². The monoisotopic (exact) mass is 284 g/mol. The summed E-state index contributed by atoms with van der Waals surface area (Å²) in [6, 6.07) is 0. The van der Waals surface area contributed by atoms with Gasteiger partial charge in [0.2, 0.25) is 5.91 Å². The van der Waals surface area contributed by atoms with Crippen molar-refractivity contribution in [2.45, 2.75) is 32.7 Å². The maximum Gasteiger partial charge on any atom is 0.271 e. The summed E-state index contributed by atoms with van der Waals surface area (Å²) in [5.74, 6) is -0.525. The van der Waals surface area contributed by atoms with Crippen LogP contribution in [0.1, 0.15) is 37.7 Å². The first-order valence-corrected chi connectivity index (χ1v) is 6.22. The molecule has 0 saturated carbocycles. The molecule has 2 N–H and O–H groups in total. The summed E-state index contributed by atoms with van der Waals surface area (Å²) in [5, 5.41) is 5.54. The highest BCUT2D eigenvalue weighted by Gasteiger charge is 2.14. The zero-order valence-corrected chi connectivity index (χ0v) is 11.9. The zero-order valence-electron chi connectivity index (χ0n) is 11.2. The van der Waals surface area contributed by atoms with E-state index in [4.69, 9.17) is 11.6 Å². The van der Waals surface area contributed by atoms with Crippen LogP contribution in [0.3, 0.4) is 0 Å². The van der Waals surface area contributed by atoms with Gasteiger partial charge in [0.15, 0.2) is 0 Å². The number of hydrogen-bond acceptors (Lipinski definition) is 4. The van der Waals surface area contributed by atoms with Gasteiger partial charge in [-0.3, -0.25) is 14.6 Å². The molecule has 104 valence electrons. The zero-order chi connectivity index (χ0) is 14.5. The summed E-state index contributed by atoms with van der Waals surface area (Å²) < 4.78 is 0. The highest BCUT2D eigenvalue weighted by atomic mass is 35.5. The predicted octanol–water partition coefficient (Wildman–Crippen LogP) is 1.16. The number of halogens is 1. The van der Waals surface area contributed by atoms with Gasteiger partial charge < -0.3 is 10.6 Å². The first kappa shape index (κ1) is 15.4. The Balaban J connectivity index is 2.37. The van der Waals surface area contributed by atoms with Crippen LogP contribution in [0.4, 0.5) is 0 Å². The van der Waals surface area contributed by atoms with Gasteiger partial charge in [-0.25, -0.2) is 4.98 Å². The Bertz CT molecular complexity index is 471. The highest BCUT2D eigenvalue weighted by molar-refractivity contribution is 6.29. The predicted molar refractivity (Wildman–Crippen MR) is 71.9 cm³/mol. The number of nitrogens with one attached hydrogen (secondary N) is 2. The number of aromatic nitrogens is 2. The third-order valence-electron chi connectivity index (χ3n) is 1.99. The van der Waals surface area contributed by atoms with Crippen molar-refractivity contribution in [3.8, 4) is 0 Å². The quantitative estimate of drug-likeness (QED) is 0.869. The summed E-state index contributed by atoms with van der Waals surface area (Å²) in [4.78, 5) is 30.8. The highest BCUT2D eigenvalue weighted by Crippen LogP contribution is 2.02. The Hall–Kier alpha value is -1.69. The molecular weight excluding hydrogens is 268 g/mol. The molecule has 1 rings (SSSR count). The van der Waals surface area contributed by atoms with Crippen LogP contribution >= 0.6 is 11.6 Å². The van der Waals surface area contributed by atoms with Gasteiger partial charge in [-0.05, 0) is 20.8 Å². The molecule has 0 atom stereocenters. The van der Waals surface area contributed by atoms with E-state index in [9.17, 15) is 9.59 Å². The molecule has 1 heterocycles. The number of nitrogens with zero attached hydrogens (tertiary/aromatic N) is 2. The molecule has 1 aromatic rings. The van der Waals surface area contributed by atoms with E-state index in [-0.39, 0.29) is 35.3 Å². The molecule has 0 aromatic carbocycles. The molecule has 0 fully saturated rings. The van der Waals surface area contributed by atoms with E-state index in [1.807, 2.05) is 20.8 Å². The topological polar surface area (TPSA) is 84.0 Å². The second-order valence-corrected chi connectivity index (χ2v) is 5.42. The SMILES string of the molecule is CC(C)(C)NC(=O)CCNC(=O)c1cncc(Cl)n1. The molecule has 2 amide bonds. The van der Waals surface area contributed by atoms with Gasteiger partial charge in [0, 0.05) is 18.5 Å². The molecular formula is C12H17ClN4O2. The normalized spacial score (nSPS) is 10.9. The summed E-state index contributed by atoms with van der Waals surface area (Å²) in [7, 11) is 0. The Kier molecular flexibility index (Phi) is 5.23. The average Bonchev–Trinajstić information content (AvgIpc) is 2.26. The molecule has 0 saturated heterocycles. The Morgan fingerprint density at radius 2 is 2.00 bits per heavy atom. The Morgan fingerprint density at radius 1 is 1.32 bits per heavy atom. The molecule has 1 aromatic heterocycles. The lowest BCUT2D eigenvalue weighted by atomic mass is 10.1. The molecule has 0 spiro atoms. The second-order valence-electron chi connectivity index (χ2n) is 5.03. The van der Waals surface area contributed by atoms with E-state index in [0.29, 0.717) is 0 Å². The van der Waals surface area contributed by atoms with Crippen molar-refractivity contribution in [1.82, 2.24) is 20.6 Å². The lowest BCUT2D eigenvalue weighted by Gasteiger charge is -2.20. The standard InChI is InChI=1S/C12H17ClN4O2/c1-12(2,3)17-10(18)4-5-15-11(19)8-6-14-7-9(13)16-8/h6-7H,4-5H2,1-3H3,(H,15,19)(H,17,18). The molecule has 0 aliphatic carbocycles. The van der Waals surface area contributed by atoms with Gasteiger partial charge in [0.05, 0.1) is 12.4 Å². The van der Waals surface area contributed by atoms with Crippen LogP contribution in [0.15, 0.2) is 12.4 Å². The second kappa shape index (κ2) is 6.47. The smallest absolute Gasteiger partial charge is 0.271 e. The molecule has 19 heavy (non-hydrogen) atoms. The number of carbonyl (C=O) groups is 2. The van der Waals surface area contributed by atoms with Gasteiger partial charge in [-0.15, -0.1) is 0 Å². The fourth-order valence-corrected chi connectivity index (χ4v) is 1.46. The minimum Gasteiger partial charge on any atom is -0.351 e. The van der Waals surface area contributed by atoms with Crippen LogP contribution in [-0.4, -0.2) is 33.9 Å². The molecule has 6 nitrogen and oxygen atoms in total. The van der Waals surface area contributed by atoms with Gasteiger partial charge in [-0.2, -0.15) is 0 Å². The van der Waals surface area contributed by atoms with Crippen molar-refractivity contribution < 1.29 is 9.59 Å². The van der Waals surface area contributed by atoms with E-state index >= 15 is 0 Å². The maximum absolute atomic E-state index is 11.7. The molecule has 0 radical (unpaired) electrons. The van der Waals surface area contributed by atoms with Crippen molar-refractivity contribution in [3.05, 3.63) is 23.2 Å². The van der Waals surface area contributed by atoms with Gasteiger partial charge in [0.1, 0.15) is 10.8 Å². The number of rotatable bonds is 4. The Morgan fingerprint density at radius 3 is 2.58 bits per heavy atom. The summed E-state index contributed by atoms with van der Waals surface area (Å²) >= 11 is 5.63. The molecule has 0 unspecified atom stereocenters.